The third-order valence-electron chi connectivity index (χ3n) is 3.14. The molecule has 1 amide bonds. The maximum atomic E-state index is 12.1. The van der Waals surface area contributed by atoms with E-state index in [0.29, 0.717) is 11.3 Å². The Bertz CT molecular complexity index is 661. The van der Waals surface area contributed by atoms with E-state index in [1.165, 1.54) is 4.90 Å². The van der Waals surface area contributed by atoms with Crippen molar-refractivity contribution in [3.8, 4) is 0 Å². The summed E-state index contributed by atoms with van der Waals surface area (Å²) in [6, 6.07) is 14.6. The molecule has 0 aromatic heterocycles. The first-order valence-electron chi connectivity index (χ1n) is 5.73. The molecule has 2 aromatic carbocycles. The number of anilines is 2. The Hall–Kier alpha value is -2.42. The van der Waals surface area contributed by atoms with Crippen LogP contribution in [0.4, 0.5) is 11.4 Å². The number of carbonyl (C=O) groups is 2. The highest BCUT2D eigenvalue weighted by Gasteiger charge is 2.36. The van der Waals surface area contributed by atoms with Crippen molar-refractivity contribution in [2.45, 2.75) is 6.92 Å². The van der Waals surface area contributed by atoms with E-state index in [1.807, 2.05) is 37.3 Å². The van der Waals surface area contributed by atoms with Crippen LogP contribution in [0.5, 0.6) is 0 Å². The van der Waals surface area contributed by atoms with Crippen LogP contribution in [0.15, 0.2) is 48.5 Å². The predicted molar refractivity (Wildman–Crippen MR) is 69.1 cm³/mol. The van der Waals surface area contributed by atoms with Crippen LogP contribution in [0, 0.1) is 6.92 Å². The molecule has 1 aliphatic rings. The Morgan fingerprint density at radius 3 is 2.17 bits per heavy atom. The lowest BCUT2D eigenvalue weighted by Crippen LogP contribution is -2.25. The summed E-state index contributed by atoms with van der Waals surface area (Å²) in [6.07, 6.45) is 0. The van der Waals surface area contributed by atoms with Crippen molar-refractivity contribution < 1.29 is 9.59 Å². The smallest absolute Gasteiger partial charge is 0.283 e. The Balaban J connectivity index is 2.23. The maximum absolute atomic E-state index is 12.1. The number of carbonyl (C=O) groups excluding carboxylic acids is 2. The molecular weight excluding hydrogens is 226 g/mol. The van der Waals surface area contributed by atoms with E-state index in [0.717, 1.165) is 11.3 Å². The summed E-state index contributed by atoms with van der Waals surface area (Å²) in [7, 11) is 0. The molecule has 0 unspecified atom stereocenters. The maximum Gasteiger partial charge on any atom is 0.304 e. The summed E-state index contributed by atoms with van der Waals surface area (Å²) in [6.45, 7) is 1.92. The molecular formula is C15H11NO2. The molecule has 18 heavy (non-hydrogen) atoms. The number of amides is 1. The minimum Gasteiger partial charge on any atom is -0.283 e. The average molecular weight is 237 g/mol. The second-order valence-corrected chi connectivity index (χ2v) is 4.27. The minimum atomic E-state index is -0.481. The van der Waals surface area contributed by atoms with Gasteiger partial charge in [0.2, 0.25) is 0 Å². The van der Waals surface area contributed by atoms with Crippen molar-refractivity contribution in [1.29, 1.82) is 0 Å². The molecule has 0 saturated carbocycles. The highest BCUT2D eigenvalue weighted by molar-refractivity contribution is 6.53. The fourth-order valence-corrected chi connectivity index (χ4v) is 2.24. The first-order chi connectivity index (χ1) is 8.70. The molecule has 88 valence electrons. The molecule has 3 rings (SSSR count). The molecule has 1 aliphatic heterocycles. The number of hydrogen-bond donors (Lipinski definition) is 0. The number of aryl methyl sites for hydroxylation is 1. The van der Waals surface area contributed by atoms with E-state index >= 15 is 0 Å². The van der Waals surface area contributed by atoms with Crippen molar-refractivity contribution in [3.05, 3.63) is 59.7 Å². The van der Waals surface area contributed by atoms with E-state index in [1.54, 1.807) is 18.2 Å². The number of Topliss-reactive ketones (excluding diaryl/α,β-unsaturated/α-hetero) is 1. The van der Waals surface area contributed by atoms with Gasteiger partial charge in [0.15, 0.2) is 0 Å². The van der Waals surface area contributed by atoms with Gasteiger partial charge in [0, 0.05) is 0 Å². The largest absolute Gasteiger partial charge is 0.304 e. The summed E-state index contributed by atoms with van der Waals surface area (Å²) in [5.74, 6) is -0.917. The Morgan fingerprint density at radius 1 is 0.833 bits per heavy atom. The number of rotatable bonds is 1. The third-order valence-corrected chi connectivity index (χ3v) is 3.14. The normalized spacial score (nSPS) is 13.9. The number of para-hydroxylation sites is 2. The summed E-state index contributed by atoms with van der Waals surface area (Å²) >= 11 is 0. The lowest BCUT2D eigenvalue weighted by atomic mass is 10.1. The Morgan fingerprint density at radius 2 is 1.44 bits per heavy atom. The van der Waals surface area contributed by atoms with Crippen molar-refractivity contribution >= 4 is 23.1 Å². The first-order valence-corrected chi connectivity index (χ1v) is 5.73. The zero-order valence-electron chi connectivity index (χ0n) is 9.88. The van der Waals surface area contributed by atoms with Crippen LogP contribution < -0.4 is 4.90 Å². The molecule has 1 heterocycles. The van der Waals surface area contributed by atoms with Crippen molar-refractivity contribution in [1.82, 2.24) is 0 Å². The van der Waals surface area contributed by atoms with Gasteiger partial charge in [-0.1, -0.05) is 30.3 Å². The molecule has 0 N–H and O–H groups in total. The lowest BCUT2D eigenvalue weighted by molar-refractivity contribution is -0.113. The first kappa shape index (κ1) is 10.7. The van der Waals surface area contributed by atoms with Crippen LogP contribution in [-0.4, -0.2) is 11.7 Å². The molecule has 0 aliphatic carbocycles. The van der Waals surface area contributed by atoms with Gasteiger partial charge in [-0.15, -0.1) is 0 Å². The van der Waals surface area contributed by atoms with Crippen molar-refractivity contribution in [2.24, 2.45) is 0 Å². The standard InChI is InChI=1S/C15H11NO2/c1-10-6-2-4-8-12(10)16-13-9-5-3-7-11(13)14(17)15(16)18/h2-9H,1H3. The van der Waals surface area contributed by atoms with E-state index in [9.17, 15) is 9.59 Å². The van der Waals surface area contributed by atoms with Crippen LogP contribution in [0.2, 0.25) is 0 Å². The monoisotopic (exact) mass is 237 g/mol. The Labute approximate surface area is 105 Å². The second-order valence-electron chi connectivity index (χ2n) is 4.27. The molecule has 0 spiro atoms. The molecule has 0 saturated heterocycles. The average Bonchev–Trinajstić information content (AvgIpc) is 2.64. The number of benzene rings is 2. The predicted octanol–water partition coefficient (Wildman–Crippen LogP) is 2.86. The number of ketones is 1. The van der Waals surface area contributed by atoms with Gasteiger partial charge < -0.3 is 0 Å². The van der Waals surface area contributed by atoms with Gasteiger partial charge in [0.1, 0.15) is 0 Å². The fourth-order valence-electron chi connectivity index (χ4n) is 2.24. The van der Waals surface area contributed by atoms with Crippen LogP contribution >= 0.6 is 0 Å². The Kier molecular flexibility index (Phi) is 2.27. The minimum absolute atomic E-state index is 0.436. The lowest BCUT2D eigenvalue weighted by Gasteiger charge is -2.18. The fraction of sp³-hybridized carbons (Fsp3) is 0.0667. The van der Waals surface area contributed by atoms with Gasteiger partial charge in [-0.25, -0.2) is 0 Å². The van der Waals surface area contributed by atoms with Gasteiger partial charge in [0.25, 0.3) is 5.78 Å². The van der Waals surface area contributed by atoms with Crippen LogP contribution in [0.25, 0.3) is 0 Å². The summed E-state index contributed by atoms with van der Waals surface area (Å²) < 4.78 is 0. The highest BCUT2D eigenvalue weighted by atomic mass is 16.2. The van der Waals surface area contributed by atoms with Gasteiger partial charge in [-0.05, 0) is 30.7 Å². The molecule has 0 radical (unpaired) electrons. The van der Waals surface area contributed by atoms with Gasteiger partial charge in [-0.3, -0.25) is 14.5 Å². The topological polar surface area (TPSA) is 37.4 Å². The molecule has 0 bridgehead atoms. The van der Waals surface area contributed by atoms with E-state index in [2.05, 4.69) is 0 Å². The molecule has 3 heteroatoms. The summed E-state index contributed by atoms with van der Waals surface area (Å²) in [5.41, 5.74) is 2.88. The van der Waals surface area contributed by atoms with Crippen molar-refractivity contribution in [2.75, 3.05) is 4.90 Å². The molecule has 3 nitrogen and oxygen atoms in total. The molecule has 0 atom stereocenters. The van der Waals surface area contributed by atoms with Crippen LogP contribution in [0.1, 0.15) is 15.9 Å². The zero-order chi connectivity index (χ0) is 12.7. The summed E-state index contributed by atoms with van der Waals surface area (Å²) in [5, 5.41) is 0. The number of fused-ring (bicyclic) bond motifs is 1. The number of hydrogen-bond acceptors (Lipinski definition) is 2. The quantitative estimate of drug-likeness (QED) is 0.715. The number of nitrogens with zero attached hydrogens (tertiary/aromatic N) is 1. The third kappa shape index (κ3) is 1.37. The highest BCUT2D eigenvalue weighted by Crippen LogP contribution is 2.36. The van der Waals surface area contributed by atoms with E-state index in [-0.39, 0.29) is 0 Å². The molecule has 2 aromatic rings. The van der Waals surface area contributed by atoms with Gasteiger partial charge in [-0.2, -0.15) is 0 Å². The van der Waals surface area contributed by atoms with E-state index < -0.39 is 11.7 Å². The van der Waals surface area contributed by atoms with Crippen LogP contribution in [-0.2, 0) is 4.79 Å². The van der Waals surface area contributed by atoms with Gasteiger partial charge >= 0.3 is 5.91 Å². The van der Waals surface area contributed by atoms with Crippen LogP contribution in [0.3, 0.4) is 0 Å². The van der Waals surface area contributed by atoms with Crippen molar-refractivity contribution in [3.63, 3.8) is 0 Å². The molecule has 0 fully saturated rings. The zero-order valence-corrected chi connectivity index (χ0v) is 9.88. The second kappa shape index (κ2) is 3.81. The SMILES string of the molecule is Cc1ccccc1N1C(=O)C(=O)c2ccccc21. The summed E-state index contributed by atoms with van der Waals surface area (Å²) in [4.78, 5) is 25.5. The van der Waals surface area contributed by atoms with E-state index in [4.69, 9.17) is 0 Å². The van der Waals surface area contributed by atoms with Gasteiger partial charge in [0.05, 0.1) is 16.9 Å².